The fraction of sp³-hybridized carbons (Fsp3) is 0.529. The molecule has 2 rings (SSSR count). The van der Waals surface area contributed by atoms with E-state index in [4.69, 9.17) is 9.47 Å². The molecule has 0 radical (unpaired) electrons. The lowest BCUT2D eigenvalue weighted by atomic mass is 9.80. The van der Waals surface area contributed by atoms with Gasteiger partial charge in [0.1, 0.15) is 5.41 Å². The molecule has 6 nitrogen and oxygen atoms in total. The third-order valence-corrected chi connectivity index (χ3v) is 4.25. The van der Waals surface area contributed by atoms with Crippen LogP contribution in [0.1, 0.15) is 28.8 Å². The molecule has 0 aromatic heterocycles. The van der Waals surface area contributed by atoms with Gasteiger partial charge >= 0.3 is 5.97 Å². The van der Waals surface area contributed by atoms with E-state index in [9.17, 15) is 14.7 Å². The Morgan fingerprint density at radius 1 is 1.22 bits per heavy atom. The maximum absolute atomic E-state index is 12.6. The molecule has 1 atom stereocenters. The highest BCUT2D eigenvalue weighted by molar-refractivity contribution is 5.94. The van der Waals surface area contributed by atoms with Crippen molar-refractivity contribution in [2.24, 2.45) is 5.41 Å². The number of likely N-dealkylation sites (tertiary alicyclic amines) is 1. The Bertz CT molecular complexity index is 553. The van der Waals surface area contributed by atoms with Crippen LogP contribution in [-0.2, 0) is 20.9 Å². The van der Waals surface area contributed by atoms with Gasteiger partial charge in [0.25, 0.3) is 5.91 Å². The van der Waals surface area contributed by atoms with E-state index in [1.54, 1.807) is 24.1 Å². The zero-order valence-electron chi connectivity index (χ0n) is 13.6. The smallest absolute Gasteiger partial charge is 0.313 e. The van der Waals surface area contributed by atoms with E-state index in [1.807, 2.05) is 12.1 Å². The van der Waals surface area contributed by atoms with Gasteiger partial charge in [0.2, 0.25) is 0 Å². The second kappa shape index (κ2) is 7.57. The van der Waals surface area contributed by atoms with Gasteiger partial charge < -0.3 is 19.5 Å². The van der Waals surface area contributed by atoms with Crippen LogP contribution < -0.4 is 0 Å². The molecule has 1 aliphatic heterocycles. The van der Waals surface area contributed by atoms with Gasteiger partial charge in [0, 0.05) is 32.9 Å². The summed E-state index contributed by atoms with van der Waals surface area (Å²) in [6.45, 7) is 1.35. The van der Waals surface area contributed by atoms with Crippen LogP contribution in [0.5, 0.6) is 0 Å². The third-order valence-electron chi connectivity index (χ3n) is 4.25. The molecule has 0 spiro atoms. The molecule has 1 aliphatic rings. The van der Waals surface area contributed by atoms with Crippen LogP contribution >= 0.6 is 0 Å². The molecule has 1 aromatic rings. The largest absolute Gasteiger partial charge is 0.481 e. The Morgan fingerprint density at radius 3 is 2.48 bits per heavy atom. The lowest BCUT2D eigenvalue weighted by Crippen LogP contribution is -2.52. The SMILES string of the molecule is COCc1ccc(C(=O)N2CCCC(COC)(C(=O)O)C2)cc1. The minimum absolute atomic E-state index is 0.110. The Balaban J connectivity index is 2.13. The quantitative estimate of drug-likeness (QED) is 0.864. The van der Waals surface area contributed by atoms with Gasteiger partial charge in [0.05, 0.1) is 13.2 Å². The van der Waals surface area contributed by atoms with Crippen molar-refractivity contribution in [3.63, 3.8) is 0 Å². The summed E-state index contributed by atoms with van der Waals surface area (Å²) >= 11 is 0. The monoisotopic (exact) mass is 321 g/mol. The van der Waals surface area contributed by atoms with Gasteiger partial charge in [-0.15, -0.1) is 0 Å². The first-order valence-electron chi connectivity index (χ1n) is 7.62. The number of carbonyl (C=O) groups excluding carboxylic acids is 1. The van der Waals surface area contributed by atoms with Crippen LogP contribution in [0.25, 0.3) is 0 Å². The first-order chi connectivity index (χ1) is 11.0. The van der Waals surface area contributed by atoms with Crippen molar-refractivity contribution in [2.45, 2.75) is 19.4 Å². The van der Waals surface area contributed by atoms with E-state index in [0.717, 1.165) is 5.56 Å². The fourth-order valence-electron chi connectivity index (χ4n) is 3.03. The summed E-state index contributed by atoms with van der Waals surface area (Å²) in [4.78, 5) is 25.9. The number of piperidine rings is 1. The summed E-state index contributed by atoms with van der Waals surface area (Å²) in [6, 6.07) is 7.20. The predicted octanol–water partition coefficient (Wildman–Crippen LogP) is 1.79. The first kappa shape index (κ1) is 17.4. The van der Waals surface area contributed by atoms with E-state index < -0.39 is 11.4 Å². The molecule has 1 heterocycles. The third kappa shape index (κ3) is 3.89. The fourth-order valence-corrected chi connectivity index (χ4v) is 3.03. The van der Waals surface area contributed by atoms with Crippen molar-refractivity contribution in [1.29, 1.82) is 0 Å². The maximum Gasteiger partial charge on any atom is 0.313 e. The number of carbonyl (C=O) groups is 2. The molecule has 1 N–H and O–H groups in total. The number of methoxy groups -OCH3 is 2. The van der Waals surface area contributed by atoms with E-state index in [0.29, 0.717) is 31.6 Å². The van der Waals surface area contributed by atoms with Gasteiger partial charge in [0.15, 0.2) is 0 Å². The molecular formula is C17H23NO5. The standard InChI is InChI=1S/C17H23NO5/c1-22-10-13-4-6-14(7-5-13)15(19)18-9-3-8-17(11-18,12-23-2)16(20)21/h4-7H,3,8-12H2,1-2H3,(H,20,21). The highest BCUT2D eigenvalue weighted by Crippen LogP contribution is 2.31. The number of nitrogens with zero attached hydrogens (tertiary/aromatic N) is 1. The molecule has 0 aliphatic carbocycles. The number of rotatable bonds is 6. The van der Waals surface area contributed by atoms with Crippen molar-refractivity contribution < 1.29 is 24.2 Å². The summed E-state index contributed by atoms with van der Waals surface area (Å²) in [5.41, 5.74) is 0.531. The molecule has 1 fully saturated rings. The van der Waals surface area contributed by atoms with E-state index in [2.05, 4.69) is 0 Å². The predicted molar refractivity (Wildman–Crippen MR) is 84.2 cm³/mol. The van der Waals surface area contributed by atoms with Gasteiger partial charge in [-0.25, -0.2) is 0 Å². The summed E-state index contributed by atoms with van der Waals surface area (Å²) < 4.78 is 10.1. The number of hydrogen-bond acceptors (Lipinski definition) is 4. The molecule has 1 unspecified atom stereocenters. The Kier molecular flexibility index (Phi) is 5.74. The van der Waals surface area contributed by atoms with Crippen LogP contribution in [0, 0.1) is 5.41 Å². The number of carboxylic acid groups (broad SMARTS) is 1. The van der Waals surface area contributed by atoms with Gasteiger partial charge in [-0.05, 0) is 30.5 Å². The van der Waals surface area contributed by atoms with Crippen LogP contribution in [0.15, 0.2) is 24.3 Å². The minimum Gasteiger partial charge on any atom is -0.481 e. The van der Waals surface area contributed by atoms with Gasteiger partial charge in [-0.3, -0.25) is 9.59 Å². The molecular weight excluding hydrogens is 298 g/mol. The van der Waals surface area contributed by atoms with Crippen LogP contribution in [0.2, 0.25) is 0 Å². The number of hydrogen-bond donors (Lipinski definition) is 1. The average Bonchev–Trinajstić information content (AvgIpc) is 2.55. The lowest BCUT2D eigenvalue weighted by Gasteiger charge is -2.39. The molecule has 1 saturated heterocycles. The van der Waals surface area contributed by atoms with Crippen LogP contribution in [0.3, 0.4) is 0 Å². The topological polar surface area (TPSA) is 76.1 Å². The Hall–Kier alpha value is -1.92. The summed E-state index contributed by atoms with van der Waals surface area (Å²) in [5, 5.41) is 9.55. The number of amides is 1. The Labute approximate surface area is 136 Å². The maximum atomic E-state index is 12.6. The second-order valence-electron chi connectivity index (χ2n) is 5.98. The summed E-state index contributed by atoms with van der Waals surface area (Å²) in [6.07, 6.45) is 1.18. The number of ether oxygens (including phenoxy) is 2. The average molecular weight is 321 g/mol. The van der Waals surface area contributed by atoms with Crippen molar-refractivity contribution >= 4 is 11.9 Å². The Morgan fingerprint density at radius 2 is 1.91 bits per heavy atom. The lowest BCUT2D eigenvalue weighted by molar-refractivity contribution is -0.155. The molecule has 126 valence electrons. The van der Waals surface area contributed by atoms with E-state index in [-0.39, 0.29) is 19.1 Å². The van der Waals surface area contributed by atoms with E-state index >= 15 is 0 Å². The van der Waals surface area contributed by atoms with Crippen molar-refractivity contribution in [2.75, 3.05) is 33.9 Å². The highest BCUT2D eigenvalue weighted by atomic mass is 16.5. The van der Waals surface area contributed by atoms with Crippen LogP contribution in [0.4, 0.5) is 0 Å². The molecule has 0 bridgehead atoms. The number of aliphatic carboxylic acids is 1. The molecule has 23 heavy (non-hydrogen) atoms. The zero-order valence-corrected chi connectivity index (χ0v) is 13.6. The summed E-state index contributed by atoms with van der Waals surface area (Å²) in [5.74, 6) is -1.05. The second-order valence-corrected chi connectivity index (χ2v) is 5.98. The normalized spacial score (nSPS) is 21.2. The number of benzene rings is 1. The van der Waals surface area contributed by atoms with Crippen LogP contribution in [-0.4, -0.2) is 55.8 Å². The molecule has 1 aromatic carbocycles. The zero-order chi connectivity index (χ0) is 16.9. The minimum atomic E-state index is -1.02. The number of carboxylic acids is 1. The molecule has 1 amide bonds. The van der Waals surface area contributed by atoms with Crippen molar-refractivity contribution in [3.05, 3.63) is 35.4 Å². The van der Waals surface area contributed by atoms with Crippen molar-refractivity contribution in [3.8, 4) is 0 Å². The summed E-state index contributed by atoms with van der Waals surface area (Å²) in [7, 11) is 3.11. The highest BCUT2D eigenvalue weighted by Gasteiger charge is 2.43. The van der Waals surface area contributed by atoms with Gasteiger partial charge in [-0.1, -0.05) is 12.1 Å². The molecule has 0 saturated carbocycles. The van der Waals surface area contributed by atoms with Crippen molar-refractivity contribution in [1.82, 2.24) is 4.90 Å². The first-order valence-corrected chi connectivity index (χ1v) is 7.62. The van der Waals surface area contributed by atoms with E-state index in [1.165, 1.54) is 7.11 Å². The molecule has 6 heteroatoms. The van der Waals surface area contributed by atoms with Gasteiger partial charge in [-0.2, -0.15) is 0 Å².